The zero-order chi connectivity index (χ0) is 10.4. The van der Waals surface area contributed by atoms with Crippen LogP contribution in [0.4, 0.5) is 0 Å². The highest BCUT2D eigenvalue weighted by atomic mass is 16.3. The van der Waals surface area contributed by atoms with Gasteiger partial charge in [0.25, 0.3) is 0 Å². The largest absolute Gasteiger partial charge is 0.396 e. The van der Waals surface area contributed by atoms with Gasteiger partial charge in [-0.2, -0.15) is 5.26 Å². The molecule has 1 fully saturated rings. The minimum Gasteiger partial charge on any atom is -0.396 e. The molecule has 80 valence electrons. The summed E-state index contributed by atoms with van der Waals surface area (Å²) in [5, 5.41) is 17.8. The summed E-state index contributed by atoms with van der Waals surface area (Å²) in [5.74, 6) is 0.427. The van der Waals surface area contributed by atoms with E-state index in [1.54, 1.807) is 0 Å². The second-order valence-electron chi connectivity index (χ2n) is 4.11. The third-order valence-electron chi connectivity index (χ3n) is 3.12. The lowest BCUT2D eigenvalue weighted by Crippen LogP contribution is -2.43. The fraction of sp³-hybridized carbons (Fsp3) is 0.909. The van der Waals surface area contributed by atoms with Crippen LogP contribution < -0.4 is 0 Å². The average molecular weight is 196 g/mol. The Kier molecular flexibility index (Phi) is 4.92. The van der Waals surface area contributed by atoms with Crippen LogP contribution in [-0.4, -0.2) is 35.7 Å². The van der Waals surface area contributed by atoms with Gasteiger partial charge in [-0.1, -0.05) is 6.92 Å². The molecule has 1 heterocycles. The zero-order valence-electron chi connectivity index (χ0n) is 8.95. The summed E-state index contributed by atoms with van der Waals surface area (Å²) in [6.07, 6.45) is 3.95. The topological polar surface area (TPSA) is 47.3 Å². The lowest BCUT2D eigenvalue weighted by atomic mass is 9.96. The van der Waals surface area contributed by atoms with Gasteiger partial charge in [0.1, 0.15) is 0 Å². The Bertz CT molecular complexity index is 200. The maximum Gasteiger partial charge on any atom is 0.0638 e. The van der Waals surface area contributed by atoms with E-state index in [-0.39, 0.29) is 0 Å². The van der Waals surface area contributed by atoms with Gasteiger partial charge in [0.05, 0.1) is 12.5 Å². The highest BCUT2D eigenvalue weighted by Crippen LogP contribution is 2.20. The molecule has 0 radical (unpaired) electrons. The van der Waals surface area contributed by atoms with Crippen LogP contribution in [0.3, 0.4) is 0 Å². The molecule has 0 aliphatic carbocycles. The molecule has 1 N–H and O–H groups in total. The highest BCUT2D eigenvalue weighted by molar-refractivity contribution is 4.85. The Balaban J connectivity index is 2.45. The number of rotatable bonds is 4. The van der Waals surface area contributed by atoms with Gasteiger partial charge in [0.15, 0.2) is 0 Å². The number of aliphatic hydroxyl groups is 1. The summed E-state index contributed by atoms with van der Waals surface area (Å²) in [6.45, 7) is 4.48. The molecule has 2 unspecified atom stereocenters. The number of nitriles is 1. The third kappa shape index (κ3) is 2.97. The molecule has 0 aromatic rings. The van der Waals surface area contributed by atoms with E-state index in [0.717, 1.165) is 32.4 Å². The van der Waals surface area contributed by atoms with E-state index in [0.29, 0.717) is 25.0 Å². The minimum absolute atomic E-state index is 0.291. The molecule has 1 saturated heterocycles. The monoisotopic (exact) mass is 196 g/mol. The molecule has 3 nitrogen and oxygen atoms in total. The van der Waals surface area contributed by atoms with Crippen molar-refractivity contribution in [3.8, 4) is 6.07 Å². The van der Waals surface area contributed by atoms with Crippen molar-refractivity contribution in [1.82, 2.24) is 4.90 Å². The second-order valence-corrected chi connectivity index (χ2v) is 4.11. The van der Waals surface area contributed by atoms with E-state index >= 15 is 0 Å². The van der Waals surface area contributed by atoms with Crippen LogP contribution >= 0.6 is 0 Å². The standard InChI is InChI=1S/C11H20N2O/c1-2-11(5-6-12)13-7-3-4-10(8-13)9-14/h10-11,14H,2-5,7-9H2,1H3. The van der Waals surface area contributed by atoms with Crippen LogP contribution in [0, 0.1) is 17.2 Å². The van der Waals surface area contributed by atoms with E-state index in [4.69, 9.17) is 10.4 Å². The van der Waals surface area contributed by atoms with Crippen LogP contribution in [0.5, 0.6) is 0 Å². The lowest BCUT2D eigenvalue weighted by Gasteiger charge is -2.36. The number of aliphatic hydroxyl groups excluding tert-OH is 1. The summed E-state index contributed by atoms with van der Waals surface area (Å²) in [4.78, 5) is 2.37. The fourth-order valence-electron chi connectivity index (χ4n) is 2.21. The first kappa shape index (κ1) is 11.5. The third-order valence-corrected chi connectivity index (χ3v) is 3.12. The molecule has 1 aliphatic rings. The predicted molar refractivity (Wildman–Crippen MR) is 55.7 cm³/mol. The van der Waals surface area contributed by atoms with Crippen molar-refractivity contribution in [3.63, 3.8) is 0 Å². The Labute approximate surface area is 86.3 Å². The maximum atomic E-state index is 9.10. The van der Waals surface area contributed by atoms with Gasteiger partial charge < -0.3 is 5.11 Å². The molecule has 1 aliphatic heterocycles. The SMILES string of the molecule is CCC(CC#N)N1CCCC(CO)C1. The summed E-state index contributed by atoms with van der Waals surface area (Å²) in [7, 11) is 0. The van der Waals surface area contributed by atoms with Gasteiger partial charge in [-0.3, -0.25) is 4.90 Å². The van der Waals surface area contributed by atoms with Crippen LogP contribution in [0.2, 0.25) is 0 Å². The lowest BCUT2D eigenvalue weighted by molar-refractivity contribution is 0.0874. The van der Waals surface area contributed by atoms with Crippen molar-refractivity contribution in [2.24, 2.45) is 5.92 Å². The highest BCUT2D eigenvalue weighted by Gasteiger charge is 2.24. The van der Waals surface area contributed by atoms with Gasteiger partial charge >= 0.3 is 0 Å². The van der Waals surface area contributed by atoms with E-state index in [9.17, 15) is 0 Å². The predicted octanol–water partition coefficient (Wildman–Crippen LogP) is 1.38. The smallest absolute Gasteiger partial charge is 0.0638 e. The number of hydrogen-bond acceptors (Lipinski definition) is 3. The van der Waals surface area contributed by atoms with Gasteiger partial charge in [0, 0.05) is 19.2 Å². The molecule has 0 aromatic carbocycles. The Morgan fingerprint density at radius 1 is 1.64 bits per heavy atom. The summed E-state index contributed by atoms with van der Waals surface area (Å²) in [6, 6.07) is 2.64. The molecule has 0 aromatic heterocycles. The molecule has 0 spiro atoms. The Morgan fingerprint density at radius 2 is 2.43 bits per heavy atom. The van der Waals surface area contributed by atoms with Gasteiger partial charge in [-0.05, 0) is 31.7 Å². The van der Waals surface area contributed by atoms with Gasteiger partial charge in [-0.25, -0.2) is 0 Å². The van der Waals surface area contributed by atoms with Crippen molar-refractivity contribution in [3.05, 3.63) is 0 Å². The first-order valence-electron chi connectivity index (χ1n) is 5.53. The Morgan fingerprint density at radius 3 is 3.00 bits per heavy atom. The van der Waals surface area contributed by atoms with E-state index in [1.807, 2.05) is 0 Å². The molecule has 1 rings (SSSR count). The molecular weight excluding hydrogens is 176 g/mol. The molecule has 0 amide bonds. The molecule has 2 atom stereocenters. The summed E-state index contributed by atoms with van der Waals surface area (Å²) < 4.78 is 0. The molecular formula is C11H20N2O. The molecule has 14 heavy (non-hydrogen) atoms. The average Bonchev–Trinajstić information content (AvgIpc) is 2.26. The summed E-state index contributed by atoms with van der Waals surface area (Å²) >= 11 is 0. The number of hydrogen-bond donors (Lipinski definition) is 1. The van der Waals surface area contributed by atoms with Crippen LogP contribution in [0.25, 0.3) is 0 Å². The number of likely N-dealkylation sites (tertiary alicyclic amines) is 1. The van der Waals surface area contributed by atoms with Crippen molar-refractivity contribution in [2.45, 2.75) is 38.6 Å². The van der Waals surface area contributed by atoms with Gasteiger partial charge in [-0.15, -0.1) is 0 Å². The van der Waals surface area contributed by atoms with Crippen LogP contribution in [0.1, 0.15) is 32.6 Å². The maximum absolute atomic E-state index is 9.10. The quantitative estimate of drug-likeness (QED) is 0.739. The van der Waals surface area contributed by atoms with Crippen LogP contribution in [0.15, 0.2) is 0 Å². The fourth-order valence-corrected chi connectivity index (χ4v) is 2.21. The van der Waals surface area contributed by atoms with Crippen molar-refractivity contribution < 1.29 is 5.11 Å². The first-order chi connectivity index (χ1) is 6.81. The zero-order valence-corrected chi connectivity index (χ0v) is 8.95. The van der Waals surface area contributed by atoms with Crippen molar-refractivity contribution in [2.75, 3.05) is 19.7 Å². The minimum atomic E-state index is 0.291. The van der Waals surface area contributed by atoms with E-state index in [2.05, 4.69) is 17.9 Å². The number of nitrogens with zero attached hydrogens (tertiary/aromatic N) is 2. The molecule has 0 bridgehead atoms. The Hall–Kier alpha value is -0.590. The van der Waals surface area contributed by atoms with E-state index < -0.39 is 0 Å². The first-order valence-corrected chi connectivity index (χ1v) is 5.53. The van der Waals surface area contributed by atoms with Crippen LogP contribution in [-0.2, 0) is 0 Å². The van der Waals surface area contributed by atoms with Crippen molar-refractivity contribution in [1.29, 1.82) is 5.26 Å². The van der Waals surface area contributed by atoms with Crippen molar-refractivity contribution >= 4 is 0 Å². The number of piperidine rings is 1. The normalized spacial score (nSPS) is 25.6. The second kappa shape index (κ2) is 6.00. The summed E-state index contributed by atoms with van der Waals surface area (Å²) in [5.41, 5.74) is 0. The molecule has 3 heteroatoms. The van der Waals surface area contributed by atoms with Gasteiger partial charge in [0.2, 0.25) is 0 Å². The van der Waals surface area contributed by atoms with E-state index in [1.165, 1.54) is 0 Å². The molecule has 0 saturated carbocycles.